The molecule has 2 fully saturated rings. The second-order valence-electron chi connectivity index (χ2n) is 4.63. The Hall–Kier alpha value is -0.920. The molecule has 14 heavy (non-hydrogen) atoms. The molecule has 0 aromatic carbocycles. The molecule has 2 heterocycles. The molecule has 1 saturated carbocycles. The minimum Gasteiger partial charge on any atom is -0.293 e. The number of hydrazine groups is 1. The third kappa shape index (κ3) is 1.24. The van der Waals surface area contributed by atoms with Crippen LogP contribution >= 0.6 is 0 Å². The monoisotopic (exact) mass is 190 g/mol. The highest BCUT2D eigenvalue weighted by Crippen LogP contribution is 2.36. The summed E-state index contributed by atoms with van der Waals surface area (Å²) in [5.74, 6) is 0.955. The first kappa shape index (κ1) is 8.39. The van der Waals surface area contributed by atoms with Gasteiger partial charge < -0.3 is 0 Å². The average Bonchev–Trinajstić information content (AvgIpc) is 2.29. The summed E-state index contributed by atoms with van der Waals surface area (Å²) in [7, 11) is 0. The zero-order valence-corrected chi connectivity index (χ0v) is 8.60. The van der Waals surface area contributed by atoms with E-state index in [2.05, 4.69) is 34.6 Å². The van der Waals surface area contributed by atoms with Crippen LogP contribution in [0.15, 0.2) is 24.6 Å². The number of rotatable bonds is 0. The smallest absolute Gasteiger partial charge is 0.0528 e. The van der Waals surface area contributed by atoms with Crippen molar-refractivity contribution in [2.75, 3.05) is 6.54 Å². The molecule has 0 radical (unpaired) electrons. The molecule has 2 atom stereocenters. The van der Waals surface area contributed by atoms with Crippen molar-refractivity contribution in [1.29, 1.82) is 0 Å². The zero-order chi connectivity index (χ0) is 9.38. The highest BCUT2D eigenvalue weighted by molar-refractivity contribution is 5.09. The van der Waals surface area contributed by atoms with Crippen LogP contribution in [-0.2, 0) is 0 Å². The molecule has 0 aromatic heterocycles. The van der Waals surface area contributed by atoms with Crippen molar-refractivity contribution in [3.63, 3.8) is 0 Å². The molecule has 0 amide bonds. The van der Waals surface area contributed by atoms with Gasteiger partial charge in [0.15, 0.2) is 0 Å². The van der Waals surface area contributed by atoms with Gasteiger partial charge in [-0.2, -0.15) is 0 Å². The summed E-state index contributed by atoms with van der Waals surface area (Å²) in [6, 6.07) is 0.790. The fraction of sp³-hybridized carbons (Fsp3) is 0.667. The summed E-state index contributed by atoms with van der Waals surface area (Å²) in [6.45, 7) is 1.21. The minimum atomic E-state index is 0.790. The normalized spacial score (nSPS) is 35.4. The first-order valence-electron chi connectivity index (χ1n) is 5.85. The van der Waals surface area contributed by atoms with Crippen LogP contribution < -0.4 is 0 Å². The molecule has 1 aliphatic carbocycles. The lowest BCUT2D eigenvalue weighted by Gasteiger charge is -2.50. The van der Waals surface area contributed by atoms with Crippen molar-refractivity contribution in [3.8, 4) is 0 Å². The quantitative estimate of drug-likeness (QED) is 0.579. The van der Waals surface area contributed by atoms with Crippen molar-refractivity contribution in [2.45, 2.75) is 38.1 Å². The van der Waals surface area contributed by atoms with Gasteiger partial charge in [0.2, 0.25) is 0 Å². The van der Waals surface area contributed by atoms with Crippen molar-refractivity contribution >= 4 is 0 Å². The number of hydrogen-bond acceptors (Lipinski definition) is 2. The van der Waals surface area contributed by atoms with Crippen LogP contribution in [0, 0.1) is 5.92 Å². The number of hydrogen-bond donors (Lipinski definition) is 0. The molecule has 3 aliphatic rings. The summed E-state index contributed by atoms with van der Waals surface area (Å²) in [5, 5.41) is 4.85. The number of fused-ring (bicyclic) bond motifs is 3. The largest absolute Gasteiger partial charge is 0.293 e. The van der Waals surface area contributed by atoms with Gasteiger partial charge in [-0.05, 0) is 37.3 Å². The molecule has 2 unspecified atom stereocenters. The number of allylic oxidation sites excluding steroid dienone is 2. The lowest BCUT2D eigenvalue weighted by Crippen LogP contribution is -2.53. The third-order valence-corrected chi connectivity index (χ3v) is 3.84. The van der Waals surface area contributed by atoms with E-state index >= 15 is 0 Å². The van der Waals surface area contributed by atoms with Gasteiger partial charge in [0.05, 0.1) is 6.04 Å². The van der Waals surface area contributed by atoms with E-state index in [1.165, 1.54) is 38.6 Å². The van der Waals surface area contributed by atoms with Gasteiger partial charge in [-0.3, -0.25) is 10.0 Å². The Balaban J connectivity index is 1.82. The average molecular weight is 190 g/mol. The summed E-state index contributed by atoms with van der Waals surface area (Å²) in [6.07, 6.45) is 15.9. The fourth-order valence-electron chi connectivity index (χ4n) is 3.11. The number of nitrogens with zero attached hydrogens (tertiary/aromatic N) is 2. The van der Waals surface area contributed by atoms with Crippen molar-refractivity contribution in [3.05, 3.63) is 24.6 Å². The standard InChI is InChI=1S/C12H18N2/c1-2-6-12-11(5-1)7-10-13-8-3-4-9-14(12)13/h3-4,8-9,11-12H,1-2,5-7,10H2. The van der Waals surface area contributed by atoms with Gasteiger partial charge in [-0.25, -0.2) is 0 Å². The molecule has 2 heteroatoms. The first-order valence-corrected chi connectivity index (χ1v) is 5.85. The maximum Gasteiger partial charge on any atom is 0.0528 e. The third-order valence-electron chi connectivity index (χ3n) is 3.84. The lowest BCUT2D eigenvalue weighted by atomic mass is 9.81. The molecular weight excluding hydrogens is 172 g/mol. The second kappa shape index (κ2) is 3.34. The molecule has 2 nitrogen and oxygen atoms in total. The Morgan fingerprint density at radius 2 is 1.79 bits per heavy atom. The van der Waals surface area contributed by atoms with Crippen LogP contribution in [0.5, 0.6) is 0 Å². The van der Waals surface area contributed by atoms with E-state index in [-0.39, 0.29) is 0 Å². The topological polar surface area (TPSA) is 6.48 Å². The van der Waals surface area contributed by atoms with Gasteiger partial charge in [0.25, 0.3) is 0 Å². The molecular formula is C12H18N2. The van der Waals surface area contributed by atoms with E-state index in [9.17, 15) is 0 Å². The summed E-state index contributed by atoms with van der Waals surface area (Å²) in [4.78, 5) is 0. The summed E-state index contributed by atoms with van der Waals surface area (Å²) in [5.41, 5.74) is 0. The Morgan fingerprint density at radius 3 is 2.79 bits per heavy atom. The molecule has 0 aromatic rings. The predicted octanol–water partition coefficient (Wildman–Crippen LogP) is 2.51. The van der Waals surface area contributed by atoms with E-state index in [0.29, 0.717) is 0 Å². The molecule has 2 aliphatic heterocycles. The van der Waals surface area contributed by atoms with Crippen molar-refractivity contribution < 1.29 is 0 Å². The van der Waals surface area contributed by atoms with Crippen LogP contribution in [0.3, 0.4) is 0 Å². The SMILES string of the molecule is C1=CN2CCC3CCCCC3N2C=C1. The molecule has 1 saturated heterocycles. The molecule has 0 spiro atoms. The van der Waals surface area contributed by atoms with Crippen LogP contribution in [0.4, 0.5) is 0 Å². The van der Waals surface area contributed by atoms with Crippen LogP contribution in [-0.4, -0.2) is 22.6 Å². The highest BCUT2D eigenvalue weighted by Gasteiger charge is 2.35. The van der Waals surface area contributed by atoms with Crippen LogP contribution in [0.25, 0.3) is 0 Å². The second-order valence-corrected chi connectivity index (χ2v) is 4.63. The van der Waals surface area contributed by atoms with Gasteiger partial charge >= 0.3 is 0 Å². The van der Waals surface area contributed by atoms with Gasteiger partial charge in [-0.15, -0.1) is 0 Å². The van der Waals surface area contributed by atoms with E-state index in [0.717, 1.165) is 12.0 Å². The van der Waals surface area contributed by atoms with E-state index in [1.54, 1.807) is 0 Å². The Kier molecular flexibility index (Phi) is 2.00. The summed E-state index contributed by atoms with van der Waals surface area (Å²) < 4.78 is 0. The minimum absolute atomic E-state index is 0.790. The maximum atomic E-state index is 2.47. The fourth-order valence-corrected chi connectivity index (χ4v) is 3.11. The molecule has 76 valence electrons. The highest BCUT2D eigenvalue weighted by atomic mass is 15.6. The molecule has 0 N–H and O–H groups in total. The van der Waals surface area contributed by atoms with Crippen LogP contribution in [0.1, 0.15) is 32.1 Å². The van der Waals surface area contributed by atoms with E-state index in [1.807, 2.05) is 0 Å². The first-order chi connectivity index (χ1) is 6.95. The van der Waals surface area contributed by atoms with Crippen LogP contribution in [0.2, 0.25) is 0 Å². The molecule has 0 bridgehead atoms. The Bertz CT molecular complexity index is 269. The van der Waals surface area contributed by atoms with Gasteiger partial charge in [0.1, 0.15) is 0 Å². The predicted molar refractivity (Wildman–Crippen MR) is 57.2 cm³/mol. The van der Waals surface area contributed by atoms with Gasteiger partial charge in [-0.1, -0.05) is 12.8 Å². The van der Waals surface area contributed by atoms with Crippen molar-refractivity contribution in [2.24, 2.45) is 5.92 Å². The van der Waals surface area contributed by atoms with E-state index in [4.69, 9.17) is 0 Å². The maximum absolute atomic E-state index is 2.47. The Morgan fingerprint density at radius 1 is 0.929 bits per heavy atom. The van der Waals surface area contributed by atoms with Gasteiger partial charge in [0, 0.05) is 18.9 Å². The van der Waals surface area contributed by atoms with Crippen molar-refractivity contribution in [1.82, 2.24) is 10.0 Å². The van der Waals surface area contributed by atoms with E-state index < -0.39 is 0 Å². The zero-order valence-electron chi connectivity index (χ0n) is 8.60. The molecule has 3 rings (SSSR count). The Labute approximate surface area is 85.8 Å². The summed E-state index contributed by atoms with van der Waals surface area (Å²) >= 11 is 0. The lowest BCUT2D eigenvalue weighted by molar-refractivity contribution is -0.0558.